The number of nitrogens with zero attached hydrogens (tertiary/aromatic N) is 2. The van der Waals surface area contributed by atoms with Gasteiger partial charge < -0.3 is 24.7 Å². The van der Waals surface area contributed by atoms with Gasteiger partial charge in [-0.25, -0.2) is 0 Å². The second kappa shape index (κ2) is 9.67. The molecular formula is C29H48N2O6. The molecule has 3 heterocycles. The third kappa shape index (κ3) is 4.52. The van der Waals surface area contributed by atoms with E-state index < -0.39 is 52.5 Å². The van der Waals surface area contributed by atoms with E-state index in [1.807, 2.05) is 34.6 Å². The van der Waals surface area contributed by atoms with E-state index in [0.29, 0.717) is 19.3 Å². The number of carbonyl (C=O) groups excluding carboxylic acids is 2. The third-order valence-corrected chi connectivity index (χ3v) is 9.37. The quantitative estimate of drug-likeness (QED) is 0.425. The van der Waals surface area contributed by atoms with Crippen LogP contribution in [0.1, 0.15) is 81.6 Å². The van der Waals surface area contributed by atoms with Gasteiger partial charge in [-0.1, -0.05) is 54.0 Å². The van der Waals surface area contributed by atoms with Crippen LogP contribution in [-0.2, 0) is 19.1 Å². The predicted octanol–water partition coefficient (Wildman–Crippen LogP) is 3.72. The lowest BCUT2D eigenvalue weighted by molar-refractivity contribution is -0.163. The Morgan fingerprint density at radius 2 is 1.89 bits per heavy atom. The summed E-state index contributed by atoms with van der Waals surface area (Å²) in [7, 11) is 0. The van der Waals surface area contributed by atoms with Crippen LogP contribution in [0.3, 0.4) is 0 Å². The summed E-state index contributed by atoms with van der Waals surface area (Å²) >= 11 is 0. The van der Waals surface area contributed by atoms with E-state index in [2.05, 4.69) is 27.4 Å². The lowest BCUT2D eigenvalue weighted by Crippen LogP contribution is -2.63. The highest BCUT2D eigenvalue weighted by Gasteiger charge is 2.80. The second-order valence-corrected chi connectivity index (χ2v) is 13.7. The highest BCUT2D eigenvalue weighted by molar-refractivity contribution is 5.98. The number of aliphatic hydroxyl groups excluding tert-OH is 1. The first-order chi connectivity index (χ1) is 16.9. The van der Waals surface area contributed by atoms with E-state index in [4.69, 9.17) is 4.74 Å². The van der Waals surface area contributed by atoms with Crippen molar-refractivity contribution in [2.45, 2.75) is 110 Å². The summed E-state index contributed by atoms with van der Waals surface area (Å²) in [6.07, 6.45) is 3.50. The summed E-state index contributed by atoms with van der Waals surface area (Å²) in [6, 6.07) is -1.65. The molecule has 210 valence electrons. The van der Waals surface area contributed by atoms with E-state index in [-0.39, 0.29) is 36.3 Å². The topological polar surface area (TPSA) is 107 Å². The molecule has 3 rings (SSSR count). The number of aliphatic hydroxyl groups is 1. The first kappa shape index (κ1) is 29.6. The minimum Gasteiger partial charge on any atom is -0.481 e. The summed E-state index contributed by atoms with van der Waals surface area (Å²) in [6.45, 7) is 21.9. The van der Waals surface area contributed by atoms with Gasteiger partial charge in [-0.3, -0.25) is 14.4 Å². The SMILES string of the molecule is C=CCN(C(=O)C1N([C@@H](CO)[C@@H](C)CC)C(=O)[C@@H]2[C@H](C(=O)O)[C@@]3(C)OC12CC3C)C(C)(C)CC(C)(C)C. The molecule has 0 aromatic carbocycles. The van der Waals surface area contributed by atoms with Gasteiger partial charge in [0, 0.05) is 12.1 Å². The first-order valence-electron chi connectivity index (χ1n) is 13.7. The van der Waals surface area contributed by atoms with Gasteiger partial charge >= 0.3 is 5.97 Å². The Morgan fingerprint density at radius 1 is 1.30 bits per heavy atom. The Hall–Kier alpha value is -1.93. The zero-order valence-electron chi connectivity index (χ0n) is 24.2. The smallest absolute Gasteiger partial charge is 0.310 e. The maximum absolute atomic E-state index is 14.7. The summed E-state index contributed by atoms with van der Waals surface area (Å²) in [4.78, 5) is 44.8. The molecular weight excluding hydrogens is 472 g/mol. The fourth-order valence-electron chi connectivity index (χ4n) is 7.81. The van der Waals surface area contributed by atoms with Crippen LogP contribution in [0.5, 0.6) is 0 Å². The maximum Gasteiger partial charge on any atom is 0.310 e. The molecule has 3 aliphatic rings. The molecule has 8 nitrogen and oxygen atoms in total. The van der Waals surface area contributed by atoms with Crippen molar-refractivity contribution in [1.29, 1.82) is 0 Å². The molecule has 0 aromatic heterocycles. The number of aliphatic carboxylic acids is 1. The molecule has 2 amide bonds. The monoisotopic (exact) mass is 520 g/mol. The van der Waals surface area contributed by atoms with E-state index >= 15 is 0 Å². The van der Waals surface area contributed by atoms with Crippen molar-refractivity contribution in [3.8, 4) is 0 Å². The molecule has 0 saturated carbocycles. The summed E-state index contributed by atoms with van der Waals surface area (Å²) < 4.78 is 6.64. The number of ether oxygens (including phenoxy) is 1. The highest BCUT2D eigenvalue weighted by Crippen LogP contribution is 2.65. The number of rotatable bonds is 10. The van der Waals surface area contributed by atoms with E-state index in [1.165, 1.54) is 4.90 Å². The van der Waals surface area contributed by atoms with Crippen LogP contribution < -0.4 is 0 Å². The number of carbonyl (C=O) groups is 3. The number of hydrogen-bond donors (Lipinski definition) is 2. The van der Waals surface area contributed by atoms with E-state index in [1.54, 1.807) is 17.9 Å². The Morgan fingerprint density at radius 3 is 2.35 bits per heavy atom. The molecule has 37 heavy (non-hydrogen) atoms. The van der Waals surface area contributed by atoms with Gasteiger partial charge in [-0.2, -0.15) is 0 Å². The van der Waals surface area contributed by atoms with Crippen LogP contribution in [0.15, 0.2) is 12.7 Å². The zero-order chi connectivity index (χ0) is 28.3. The summed E-state index contributed by atoms with van der Waals surface area (Å²) in [5.74, 6) is -4.03. The van der Waals surface area contributed by atoms with Crippen molar-refractivity contribution in [2.24, 2.45) is 29.1 Å². The number of carboxylic acids is 1. The van der Waals surface area contributed by atoms with Crippen molar-refractivity contribution < 1.29 is 29.3 Å². The molecule has 8 heteroatoms. The van der Waals surface area contributed by atoms with Crippen molar-refractivity contribution >= 4 is 17.8 Å². The van der Waals surface area contributed by atoms with Crippen molar-refractivity contribution in [3.05, 3.63) is 12.7 Å². The molecule has 8 atom stereocenters. The summed E-state index contributed by atoms with van der Waals surface area (Å²) in [5.41, 5.74) is -2.95. The Labute approximate surface area is 222 Å². The number of fused-ring (bicyclic) bond motifs is 1. The molecule has 0 radical (unpaired) electrons. The largest absolute Gasteiger partial charge is 0.481 e. The van der Waals surface area contributed by atoms with Crippen LogP contribution >= 0.6 is 0 Å². The fourth-order valence-corrected chi connectivity index (χ4v) is 7.81. The standard InChI is InChI=1S/C29H48N2O6/c1-11-13-30(27(8,9)16-26(5,6)7)24(34)22-29-14-18(4)28(10,37-29)21(25(35)36)20(29)23(33)31(22)19(15-32)17(3)12-2/h11,17-22,32H,1,12-16H2,2-10H3,(H,35,36)/t17-,18?,19-,20-,21+,22?,28-,29?/m0/s1. The molecule has 0 aliphatic carbocycles. The van der Waals surface area contributed by atoms with Gasteiger partial charge in [-0.15, -0.1) is 6.58 Å². The lowest BCUT2D eigenvalue weighted by Gasteiger charge is -2.47. The minimum atomic E-state index is -1.26. The molecule has 3 unspecified atom stereocenters. The van der Waals surface area contributed by atoms with Gasteiger partial charge in [0.1, 0.15) is 17.6 Å². The van der Waals surface area contributed by atoms with Gasteiger partial charge in [0.05, 0.1) is 24.2 Å². The van der Waals surface area contributed by atoms with E-state index in [9.17, 15) is 24.6 Å². The fraction of sp³-hybridized carbons (Fsp3) is 0.828. The van der Waals surface area contributed by atoms with Gasteiger partial charge in [0.2, 0.25) is 11.8 Å². The first-order valence-corrected chi connectivity index (χ1v) is 13.7. The van der Waals surface area contributed by atoms with Crippen molar-refractivity contribution in [2.75, 3.05) is 13.2 Å². The summed E-state index contributed by atoms with van der Waals surface area (Å²) in [5, 5.41) is 20.8. The second-order valence-electron chi connectivity index (χ2n) is 13.7. The lowest BCUT2D eigenvalue weighted by atomic mass is 9.62. The Kier molecular flexibility index (Phi) is 7.74. The van der Waals surface area contributed by atoms with E-state index in [0.717, 1.165) is 0 Å². The Bertz CT molecular complexity index is 941. The van der Waals surface area contributed by atoms with Crippen LogP contribution in [0.2, 0.25) is 0 Å². The number of hydrogen-bond acceptors (Lipinski definition) is 5. The van der Waals surface area contributed by atoms with Gasteiger partial charge in [-0.05, 0) is 50.9 Å². The van der Waals surface area contributed by atoms with Gasteiger partial charge in [0.15, 0.2) is 0 Å². The molecule has 2 bridgehead atoms. The molecule has 3 fully saturated rings. The number of amides is 2. The minimum absolute atomic E-state index is 0.0712. The van der Waals surface area contributed by atoms with Crippen molar-refractivity contribution in [1.82, 2.24) is 9.80 Å². The average molecular weight is 521 g/mol. The maximum atomic E-state index is 14.7. The normalized spacial score (nSPS) is 34.9. The molecule has 1 spiro atoms. The molecule has 3 aliphatic heterocycles. The number of carboxylic acid groups (broad SMARTS) is 1. The highest BCUT2D eigenvalue weighted by atomic mass is 16.5. The predicted molar refractivity (Wildman–Crippen MR) is 142 cm³/mol. The average Bonchev–Trinajstić information content (AvgIpc) is 3.27. The third-order valence-electron chi connectivity index (χ3n) is 9.37. The van der Waals surface area contributed by atoms with Gasteiger partial charge in [0.25, 0.3) is 0 Å². The zero-order valence-corrected chi connectivity index (χ0v) is 24.2. The van der Waals surface area contributed by atoms with Crippen molar-refractivity contribution in [3.63, 3.8) is 0 Å². The van der Waals surface area contributed by atoms with Crippen LogP contribution in [0.4, 0.5) is 0 Å². The molecule has 3 saturated heterocycles. The number of likely N-dealkylation sites (tertiary alicyclic amines) is 1. The molecule has 2 N–H and O–H groups in total. The Balaban J connectivity index is 2.23. The van der Waals surface area contributed by atoms with Crippen LogP contribution in [0, 0.1) is 29.1 Å². The van der Waals surface area contributed by atoms with Crippen LogP contribution in [0.25, 0.3) is 0 Å². The van der Waals surface area contributed by atoms with Crippen LogP contribution in [-0.4, -0.2) is 79.8 Å². The molecule has 0 aromatic rings.